The fraction of sp³-hybridized carbons (Fsp3) is 0.393. The number of piperazine rings is 1. The van der Waals surface area contributed by atoms with Crippen molar-refractivity contribution in [2.75, 3.05) is 26.2 Å². The molecule has 34 heavy (non-hydrogen) atoms. The fourth-order valence-electron chi connectivity index (χ4n) is 4.54. The number of carbonyl (C=O) groups is 2. The molecular weight excluding hydrogens is 424 g/mol. The van der Waals surface area contributed by atoms with Gasteiger partial charge in [0.2, 0.25) is 0 Å². The number of fused-ring (bicyclic) bond motifs is 1. The molecule has 2 aliphatic rings. The van der Waals surface area contributed by atoms with Crippen molar-refractivity contribution >= 4 is 29.3 Å². The van der Waals surface area contributed by atoms with Gasteiger partial charge < -0.3 is 10.6 Å². The van der Waals surface area contributed by atoms with Crippen molar-refractivity contribution in [1.29, 1.82) is 0 Å². The van der Waals surface area contributed by atoms with Gasteiger partial charge in [0.25, 0.3) is 5.91 Å². The van der Waals surface area contributed by atoms with E-state index in [9.17, 15) is 9.59 Å². The van der Waals surface area contributed by atoms with Crippen LogP contribution < -0.4 is 5.73 Å². The Morgan fingerprint density at radius 3 is 2.24 bits per heavy atom. The number of aliphatic imine (C=N–C) groups is 1. The summed E-state index contributed by atoms with van der Waals surface area (Å²) in [6.45, 7) is 11.8. The van der Waals surface area contributed by atoms with Crippen LogP contribution in [-0.2, 0) is 4.79 Å². The van der Waals surface area contributed by atoms with E-state index >= 15 is 0 Å². The number of ketones is 1. The summed E-state index contributed by atoms with van der Waals surface area (Å²) in [6.07, 6.45) is 2.72. The van der Waals surface area contributed by atoms with E-state index in [0.29, 0.717) is 29.8 Å². The first-order valence-corrected chi connectivity index (χ1v) is 12.0. The van der Waals surface area contributed by atoms with Gasteiger partial charge in [0, 0.05) is 61.3 Å². The number of Topliss-reactive ketones (excluding diaryl/α,β-unsaturated/α-hetero) is 1. The van der Waals surface area contributed by atoms with Crippen LogP contribution in [-0.4, -0.2) is 59.0 Å². The highest BCUT2D eigenvalue weighted by atomic mass is 16.2. The van der Waals surface area contributed by atoms with Gasteiger partial charge in [0.1, 0.15) is 5.84 Å². The minimum absolute atomic E-state index is 0.0812. The lowest BCUT2D eigenvalue weighted by atomic mass is 9.98. The van der Waals surface area contributed by atoms with Gasteiger partial charge in [-0.3, -0.25) is 14.5 Å². The molecule has 2 N–H and O–H groups in total. The molecule has 2 aromatic rings. The van der Waals surface area contributed by atoms with Crippen LogP contribution in [0.1, 0.15) is 56.5 Å². The Balaban J connectivity index is 1.51. The Bertz CT molecular complexity index is 1150. The van der Waals surface area contributed by atoms with Gasteiger partial charge in [-0.05, 0) is 56.2 Å². The topological polar surface area (TPSA) is 79.0 Å². The predicted molar refractivity (Wildman–Crippen MR) is 138 cm³/mol. The first-order chi connectivity index (χ1) is 16.2. The molecule has 2 heterocycles. The number of hydrogen-bond donors (Lipinski definition) is 1. The second kappa shape index (κ2) is 9.55. The van der Waals surface area contributed by atoms with Gasteiger partial charge in [-0.1, -0.05) is 31.2 Å². The number of nitrogens with two attached hydrogens (primary N) is 1. The molecule has 1 amide bonds. The summed E-state index contributed by atoms with van der Waals surface area (Å²) in [5.41, 5.74) is 11.3. The summed E-state index contributed by atoms with van der Waals surface area (Å²) < 4.78 is 0. The summed E-state index contributed by atoms with van der Waals surface area (Å²) in [5.74, 6) is 0.615. The van der Waals surface area contributed by atoms with E-state index in [1.165, 1.54) is 0 Å². The highest BCUT2D eigenvalue weighted by Crippen LogP contribution is 2.32. The monoisotopic (exact) mass is 458 g/mol. The van der Waals surface area contributed by atoms with Gasteiger partial charge >= 0.3 is 0 Å². The average molecular weight is 459 g/mol. The number of benzene rings is 2. The Hall–Kier alpha value is -3.25. The van der Waals surface area contributed by atoms with E-state index in [-0.39, 0.29) is 17.2 Å². The molecule has 0 radical (unpaired) electrons. The van der Waals surface area contributed by atoms with Crippen molar-refractivity contribution in [3.8, 4) is 11.1 Å². The number of amides is 1. The largest absolute Gasteiger partial charge is 0.387 e. The normalized spacial score (nSPS) is 16.9. The minimum Gasteiger partial charge on any atom is -0.387 e. The van der Waals surface area contributed by atoms with Gasteiger partial charge in [-0.25, -0.2) is 4.99 Å². The van der Waals surface area contributed by atoms with Crippen LogP contribution in [0, 0.1) is 0 Å². The zero-order valence-electron chi connectivity index (χ0n) is 20.6. The van der Waals surface area contributed by atoms with Crippen molar-refractivity contribution in [3.05, 3.63) is 59.2 Å². The molecule has 1 saturated heterocycles. The van der Waals surface area contributed by atoms with E-state index in [2.05, 4.69) is 30.7 Å². The third-order valence-corrected chi connectivity index (χ3v) is 6.66. The quantitative estimate of drug-likeness (QED) is 0.722. The van der Waals surface area contributed by atoms with Crippen molar-refractivity contribution in [2.45, 2.75) is 46.1 Å². The minimum atomic E-state index is 0.0812. The van der Waals surface area contributed by atoms with Crippen LogP contribution in [0.4, 0.5) is 5.69 Å². The molecule has 6 heteroatoms. The van der Waals surface area contributed by atoms with Crippen molar-refractivity contribution in [1.82, 2.24) is 9.80 Å². The first kappa shape index (κ1) is 23.9. The lowest BCUT2D eigenvalue weighted by Gasteiger charge is -2.42. The molecule has 178 valence electrons. The fourth-order valence-corrected chi connectivity index (χ4v) is 4.54. The Kier molecular flexibility index (Phi) is 6.71. The van der Waals surface area contributed by atoms with Crippen molar-refractivity contribution < 1.29 is 9.59 Å². The van der Waals surface area contributed by atoms with Crippen LogP contribution in [0.5, 0.6) is 0 Å². The van der Waals surface area contributed by atoms with Crippen LogP contribution in [0.25, 0.3) is 17.2 Å². The third-order valence-electron chi connectivity index (χ3n) is 6.66. The smallest absolute Gasteiger partial charge is 0.253 e. The Morgan fingerprint density at radius 1 is 0.971 bits per heavy atom. The molecule has 6 nitrogen and oxygen atoms in total. The number of rotatable bonds is 4. The summed E-state index contributed by atoms with van der Waals surface area (Å²) in [7, 11) is 0. The van der Waals surface area contributed by atoms with Gasteiger partial charge in [-0.15, -0.1) is 0 Å². The van der Waals surface area contributed by atoms with Crippen LogP contribution in [0.3, 0.4) is 0 Å². The lowest BCUT2D eigenvalue weighted by Crippen LogP contribution is -2.54. The van der Waals surface area contributed by atoms with Gasteiger partial charge in [0.15, 0.2) is 5.78 Å². The van der Waals surface area contributed by atoms with Crippen molar-refractivity contribution in [2.24, 2.45) is 10.7 Å². The Morgan fingerprint density at radius 2 is 1.62 bits per heavy atom. The summed E-state index contributed by atoms with van der Waals surface area (Å²) in [6, 6.07) is 13.7. The molecule has 2 aromatic carbocycles. The maximum Gasteiger partial charge on any atom is 0.253 e. The zero-order valence-corrected chi connectivity index (χ0v) is 20.6. The highest BCUT2D eigenvalue weighted by Gasteiger charge is 2.28. The third kappa shape index (κ3) is 5.12. The van der Waals surface area contributed by atoms with Crippen LogP contribution in [0.2, 0.25) is 0 Å². The molecule has 0 aromatic heterocycles. The van der Waals surface area contributed by atoms with Crippen LogP contribution >= 0.6 is 0 Å². The molecule has 1 fully saturated rings. The summed E-state index contributed by atoms with van der Waals surface area (Å²) in [4.78, 5) is 34.1. The molecule has 0 atom stereocenters. The zero-order chi connectivity index (χ0) is 24.5. The van der Waals surface area contributed by atoms with Gasteiger partial charge in [0.05, 0.1) is 5.69 Å². The second-order valence-electron chi connectivity index (χ2n) is 10.0. The van der Waals surface area contributed by atoms with Gasteiger partial charge in [-0.2, -0.15) is 0 Å². The summed E-state index contributed by atoms with van der Waals surface area (Å²) >= 11 is 0. The molecule has 0 unspecified atom stereocenters. The number of nitrogens with zero attached hydrogens (tertiary/aromatic N) is 3. The maximum absolute atomic E-state index is 13.0. The molecule has 4 rings (SSSR count). The molecule has 0 spiro atoms. The number of carbonyl (C=O) groups excluding carboxylic acids is 2. The highest BCUT2D eigenvalue weighted by molar-refractivity contribution is 6.06. The molecule has 0 aliphatic carbocycles. The SMILES string of the molecule is CCC(=O)C1=Cc2ccc(-c3ccc(C(=O)N4CCN(C(C)(C)C)CC4)cc3)cc2N=C(N)C1. The molecule has 0 bridgehead atoms. The van der Waals surface area contributed by atoms with E-state index in [0.717, 1.165) is 48.6 Å². The summed E-state index contributed by atoms with van der Waals surface area (Å²) in [5, 5.41) is 0. The standard InChI is InChI=1S/C28H34N4O2/c1-5-25(33)23-16-22-11-10-21(17-24(22)30-26(29)18-23)19-6-8-20(9-7-19)27(34)31-12-14-32(15-13-31)28(2,3)4/h6-11,16-17H,5,12-15,18H2,1-4H3,(H2,29,30). The molecular formula is C28H34N4O2. The van der Waals surface area contributed by atoms with E-state index in [1.807, 2.05) is 60.4 Å². The van der Waals surface area contributed by atoms with E-state index < -0.39 is 0 Å². The predicted octanol–water partition coefficient (Wildman–Crippen LogP) is 4.66. The maximum atomic E-state index is 13.0. The Labute approximate surface area is 202 Å². The molecule has 0 saturated carbocycles. The van der Waals surface area contributed by atoms with Crippen LogP contribution in [0.15, 0.2) is 53.0 Å². The number of hydrogen-bond acceptors (Lipinski definition) is 5. The van der Waals surface area contributed by atoms with E-state index in [4.69, 9.17) is 5.73 Å². The van der Waals surface area contributed by atoms with Crippen molar-refractivity contribution in [3.63, 3.8) is 0 Å². The average Bonchev–Trinajstić information content (AvgIpc) is 3.00. The second-order valence-corrected chi connectivity index (χ2v) is 10.0. The first-order valence-electron chi connectivity index (χ1n) is 12.0. The molecule has 2 aliphatic heterocycles. The van der Waals surface area contributed by atoms with E-state index in [1.54, 1.807) is 0 Å². The lowest BCUT2D eigenvalue weighted by molar-refractivity contribution is -0.115. The number of amidine groups is 1.